The van der Waals surface area contributed by atoms with Gasteiger partial charge in [-0.2, -0.15) is 0 Å². The predicted molar refractivity (Wildman–Crippen MR) is 201 cm³/mol. The van der Waals surface area contributed by atoms with Crippen molar-refractivity contribution in [3.63, 3.8) is 0 Å². The van der Waals surface area contributed by atoms with Crippen LogP contribution >= 0.6 is 0 Å². The average Bonchev–Trinajstić information content (AvgIpc) is 3.74. The Morgan fingerprint density at radius 3 is 2.19 bits per heavy atom. The highest BCUT2D eigenvalue weighted by Gasteiger charge is 2.58. The van der Waals surface area contributed by atoms with Crippen molar-refractivity contribution in [3.8, 4) is 28.5 Å². The minimum Gasteiger partial charge on any atom is -0.497 e. The number of halogens is 2. The third-order valence-corrected chi connectivity index (χ3v) is 9.31. The van der Waals surface area contributed by atoms with Crippen LogP contribution in [0.1, 0.15) is 49.4 Å². The molecule has 53 heavy (non-hydrogen) atoms. The third-order valence-electron chi connectivity index (χ3n) is 9.31. The minimum atomic E-state index is -2.85. The molecule has 6 rings (SSSR count). The molecular formula is C41H45F2N5O5. The average molecular weight is 726 g/mol. The first-order valence-electron chi connectivity index (χ1n) is 17.4. The number of anilines is 2. The van der Waals surface area contributed by atoms with Crippen molar-refractivity contribution in [2.45, 2.75) is 65.7 Å². The lowest BCUT2D eigenvalue weighted by molar-refractivity contribution is 0.0566. The van der Waals surface area contributed by atoms with E-state index in [-0.39, 0.29) is 18.8 Å². The van der Waals surface area contributed by atoms with Crippen molar-refractivity contribution in [2.75, 3.05) is 37.7 Å². The molecule has 1 aliphatic rings. The topological polar surface area (TPSA) is 99.1 Å². The summed E-state index contributed by atoms with van der Waals surface area (Å²) in [5.74, 6) is -0.952. The maximum atomic E-state index is 14.2. The molecule has 1 atom stereocenters. The van der Waals surface area contributed by atoms with Crippen molar-refractivity contribution >= 4 is 28.5 Å². The number of nitrogens with zero attached hydrogens (tertiary/aromatic N) is 5. The van der Waals surface area contributed by atoms with Crippen LogP contribution in [0, 0.1) is 19.8 Å². The molecule has 1 fully saturated rings. The molecule has 0 spiro atoms. The first kappa shape index (κ1) is 37.2. The summed E-state index contributed by atoms with van der Waals surface area (Å²) >= 11 is 0. The van der Waals surface area contributed by atoms with E-state index in [2.05, 4.69) is 9.88 Å². The summed E-state index contributed by atoms with van der Waals surface area (Å²) in [6.45, 7) is 9.84. The van der Waals surface area contributed by atoms with Gasteiger partial charge in [-0.05, 0) is 99.2 Å². The molecule has 5 aromatic rings. The number of aryl methyl sites for hydroxylation is 2. The standard InChI is InChI=1S/C41H45F2N5O5/c1-25-13-14-44-20-33(25)35-16-29-17-37(48(24-30-19-41(30,42)43)39(49)53-40(3,4)5)45-21-34(29)38(46-35)47(22-27-9-11-31(50-6)15-26(27)2)23-28-10-12-32(51-7)18-36(28)52-8/h9-18,20-21,30H,19,22-24H2,1-8H3. The van der Waals surface area contributed by atoms with Gasteiger partial charge in [0, 0.05) is 73.1 Å². The zero-order valence-electron chi connectivity index (χ0n) is 31.4. The van der Waals surface area contributed by atoms with Gasteiger partial charge in [0.05, 0.1) is 27.0 Å². The quantitative estimate of drug-likeness (QED) is 0.125. The zero-order chi connectivity index (χ0) is 38.1. The number of rotatable bonds is 12. The fraction of sp³-hybridized carbons (Fsp3) is 0.366. The van der Waals surface area contributed by atoms with E-state index in [0.717, 1.165) is 33.6 Å². The van der Waals surface area contributed by atoms with E-state index in [1.165, 1.54) is 4.90 Å². The van der Waals surface area contributed by atoms with Gasteiger partial charge in [-0.25, -0.2) is 23.5 Å². The molecule has 10 nitrogen and oxygen atoms in total. The highest BCUT2D eigenvalue weighted by molar-refractivity contribution is 5.98. The molecule has 3 heterocycles. The first-order valence-corrected chi connectivity index (χ1v) is 17.4. The Morgan fingerprint density at radius 2 is 1.57 bits per heavy atom. The van der Waals surface area contributed by atoms with E-state index < -0.39 is 23.5 Å². The number of fused-ring (bicyclic) bond motifs is 1. The fourth-order valence-electron chi connectivity index (χ4n) is 6.22. The van der Waals surface area contributed by atoms with Crippen molar-refractivity contribution in [1.82, 2.24) is 15.0 Å². The Kier molecular flexibility index (Phi) is 10.4. The van der Waals surface area contributed by atoms with Crippen LogP contribution in [-0.4, -0.2) is 60.4 Å². The van der Waals surface area contributed by atoms with E-state index in [1.807, 2.05) is 62.4 Å². The highest BCUT2D eigenvalue weighted by Crippen LogP contribution is 2.49. The minimum absolute atomic E-state index is 0.204. The number of carbonyl (C=O) groups excluding carboxylic acids is 1. The second kappa shape index (κ2) is 14.8. The summed E-state index contributed by atoms with van der Waals surface area (Å²) in [6, 6.07) is 17.2. The molecule has 0 saturated heterocycles. The van der Waals surface area contributed by atoms with Crippen LogP contribution in [0.3, 0.4) is 0 Å². The number of hydrogen-bond donors (Lipinski definition) is 0. The summed E-state index contributed by atoms with van der Waals surface area (Å²) < 4.78 is 50.9. The zero-order valence-corrected chi connectivity index (χ0v) is 31.4. The first-order chi connectivity index (χ1) is 25.2. The van der Waals surface area contributed by atoms with E-state index in [4.69, 9.17) is 28.9 Å². The van der Waals surface area contributed by atoms with Crippen LogP contribution in [0.4, 0.5) is 25.2 Å². The molecule has 278 valence electrons. The number of benzene rings is 2. The van der Waals surface area contributed by atoms with Crippen LogP contribution in [0.15, 0.2) is 73.2 Å². The van der Waals surface area contributed by atoms with Crippen molar-refractivity contribution in [2.24, 2.45) is 5.92 Å². The van der Waals surface area contributed by atoms with Crippen LogP contribution < -0.4 is 24.0 Å². The second-order valence-electron chi connectivity index (χ2n) is 14.4. The number of methoxy groups -OCH3 is 3. The smallest absolute Gasteiger partial charge is 0.416 e. The number of alkyl halides is 2. The Balaban J connectivity index is 1.54. The maximum absolute atomic E-state index is 14.2. The lowest BCUT2D eigenvalue weighted by atomic mass is 10.0. The summed E-state index contributed by atoms with van der Waals surface area (Å²) in [6.07, 6.45) is 4.10. The molecule has 3 aromatic heterocycles. The van der Waals surface area contributed by atoms with Gasteiger partial charge in [-0.1, -0.05) is 6.07 Å². The molecule has 0 bridgehead atoms. The van der Waals surface area contributed by atoms with Crippen molar-refractivity contribution in [1.29, 1.82) is 0 Å². The summed E-state index contributed by atoms with van der Waals surface area (Å²) in [5.41, 5.74) is 4.55. The Labute approximate surface area is 308 Å². The molecule has 12 heteroatoms. The van der Waals surface area contributed by atoms with Crippen LogP contribution in [0.5, 0.6) is 17.2 Å². The molecule has 0 radical (unpaired) electrons. The van der Waals surface area contributed by atoms with Gasteiger partial charge in [0.25, 0.3) is 5.92 Å². The monoisotopic (exact) mass is 725 g/mol. The molecule has 1 unspecified atom stereocenters. The van der Waals surface area contributed by atoms with Gasteiger partial charge >= 0.3 is 6.09 Å². The van der Waals surface area contributed by atoms with Gasteiger partial charge in [0.1, 0.15) is 34.5 Å². The molecule has 1 saturated carbocycles. The largest absolute Gasteiger partial charge is 0.497 e. The SMILES string of the molecule is COc1ccc(CN(Cc2ccc(OC)cc2OC)c2nc(-c3cnccc3C)cc3cc(N(CC4CC4(F)F)C(=O)OC(C)(C)C)ncc23)c(C)c1. The number of amides is 1. The van der Waals surface area contributed by atoms with Crippen molar-refractivity contribution < 1.29 is 32.5 Å². The van der Waals surface area contributed by atoms with Crippen LogP contribution in [-0.2, 0) is 17.8 Å². The third kappa shape index (κ3) is 8.42. The summed E-state index contributed by atoms with van der Waals surface area (Å²) in [7, 11) is 4.87. The number of hydrogen-bond acceptors (Lipinski definition) is 9. The van der Waals surface area contributed by atoms with Gasteiger partial charge < -0.3 is 23.8 Å². The van der Waals surface area contributed by atoms with Crippen molar-refractivity contribution in [3.05, 3.63) is 95.4 Å². The normalized spacial score (nSPS) is 14.8. The molecule has 1 aliphatic carbocycles. The highest BCUT2D eigenvalue weighted by atomic mass is 19.3. The number of carbonyl (C=O) groups is 1. The maximum Gasteiger partial charge on any atom is 0.416 e. The lowest BCUT2D eigenvalue weighted by Crippen LogP contribution is -2.39. The van der Waals surface area contributed by atoms with E-state index in [9.17, 15) is 13.6 Å². The van der Waals surface area contributed by atoms with E-state index in [0.29, 0.717) is 46.9 Å². The van der Waals surface area contributed by atoms with Gasteiger partial charge in [-0.3, -0.25) is 9.88 Å². The summed E-state index contributed by atoms with van der Waals surface area (Å²) in [4.78, 5) is 31.2. The van der Waals surface area contributed by atoms with Gasteiger partial charge in [0.15, 0.2) is 0 Å². The number of ether oxygens (including phenoxy) is 4. The number of aromatic nitrogens is 3. The van der Waals surface area contributed by atoms with E-state index in [1.54, 1.807) is 66.8 Å². The Morgan fingerprint density at radius 1 is 0.887 bits per heavy atom. The molecule has 2 aromatic carbocycles. The van der Waals surface area contributed by atoms with Gasteiger partial charge in [-0.15, -0.1) is 0 Å². The second-order valence-corrected chi connectivity index (χ2v) is 14.4. The van der Waals surface area contributed by atoms with Crippen LogP contribution in [0.2, 0.25) is 0 Å². The molecule has 0 aliphatic heterocycles. The summed E-state index contributed by atoms with van der Waals surface area (Å²) in [5, 5.41) is 1.39. The van der Waals surface area contributed by atoms with E-state index >= 15 is 0 Å². The number of pyridine rings is 3. The molecule has 1 amide bonds. The fourth-order valence-corrected chi connectivity index (χ4v) is 6.22. The Bertz CT molecular complexity index is 2140. The Hall–Kier alpha value is -5.52. The van der Waals surface area contributed by atoms with Crippen LogP contribution in [0.25, 0.3) is 22.0 Å². The lowest BCUT2D eigenvalue weighted by Gasteiger charge is -2.29. The van der Waals surface area contributed by atoms with Gasteiger partial charge in [0.2, 0.25) is 0 Å². The molecular weight excluding hydrogens is 680 g/mol. The predicted octanol–water partition coefficient (Wildman–Crippen LogP) is 8.94. The molecule has 0 N–H and O–H groups in total.